The van der Waals surface area contributed by atoms with Crippen molar-refractivity contribution in [2.24, 2.45) is 5.92 Å². The average molecular weight is 509 g/mol. The number of nitrogens with zero attached hydrogens (tertiary/aromatic N) is 3. The van der Waals surface area contributed by atoms with Crippen molar-refractivity contribution in [3.05, 3.63) is 88.7 Å². The molecule has 6 rings (SSSR count). The molecule has 2 aliphatic rings. The molecule has 4 aromatic rings. The molecular formula is C31H32N4O3. The fourth-order valence-corrected chi connectivity index (χ4v) is 5.06. The smallest absolute Gasteiger partial charge is 0.262 e. The second-order valence-electron chi connectivity index (χ2n) is 10.2. The molecule has 3 aromatic carbocycles. The van der Waals surface area contributed by atoms with Crippen LogP contribution in [0.4, 0.5) is 0 Å². The lowest BCUT2D eigenvalue weighted by Crippen LogP contribution is -2.35. The second-order valence-corrected chi connectivity index (χ2v) is 10.2. The Morgan fingerprint density at radius 3 is 2.50 bits per heavy atom. The Labute approximate surface area is 222 Å². The van der Waals surface area contributed by atoms with E-state index in [9.17, 15) is 9.59 Å². The molecule has 1 saturated carbocycles. The highest BCUT2D eigenvalue weighted by Crippen LogP contribution is 2.29. The molecule has 1 N–H and O–H groups in total. The van der Waals surface area contributed by atoms with Crippen molar-refractivity contribution >= 4 is 16.8 Å². The zero-order chi connectivity index (χ0) is 25.9. The lowest BCUT2D eigenvalue weighted by atomic mass is 9.98. The fraction of sp³-hybridized carbons (Fsp3) is 0.323. The number of benzene rings is 3. The van der Waals surface area contributed by atoms with Crippen molar-refractivity contribution in [1.29, 1.82) is 0 Å². The van der Waals surface area contributed by atoms with E-state index in [2.05, 4.69) is 28.4 Å². The van der Waals surface area contributed by atoms with Gasteiger partial charge >= 0.3 is 0 Å². The zero-order valence-electron chi connectivity index (χ0n) is 21.4. The van der Waals surface area contributed by atoms with Crippen molar-refractivity contribution in [1.82, 2.24) is 19.8 Å². The molecular weight excluding hydrogens is 476 g/mol. The minimum atomic E-state index is -0.206. The van der Waals surface area contributed by atoms with E-state index >= 15 is 0 Å². The standard InChI is InChI=1S/C31H32N4O3/c36-29(32-19-22-10-11-22)21-35-30(23-6-2-1-3-7-23)33-28-13-12-24(18-27(28)31(35)37)26-9-5-4-8-25(26)20-34-14-16-38-17-15-34/h1-9,12-13,18,22H,10-11,14-17,19-21H2,(H,32,36). The van der Waals surface area contributed by atoms with Gasteiger partial charge in [-0.15, -0.1) is 0 Å². The first kappa shape index (κ1) is 24.5. The summed E-state index contributed by atoms with van der Waals surface area (Å²) in [7, 11) is 0. The van der Waals surface area contributed by atoms with E-state index in [0.29, 0.717) is 29.2 Å². The van der Waals surface area contributed by atoms with Gasteiger partial charge in [0.05, 0.1) is 24.1 Å². The van der Waals surface area contributed by atoms with Crippen LogP contribution in [0.2, 0.25) is 0 Å². The molecule has 1 aliphatic carbocycles. The van der Waals surface area contributed by atoms with Crippen LogP contribution in [0.3, 0.4) is 0 Å². The summed E-state index contributed by atoms with van der Waals surface area (Å²) in [5.74, 6) is 0.911. The van der Waals surface area contributed by atoms with E-state index in [-0.39, 0.29) is 18.0 Å². The number of carbonyl (C=O) groups is 1. The minimum absolute atomic E-state index is 0.0590. The maximum Gasteiger partial charge on any atom is 0.262 e. The van der Waals surface area contributed by atoms with Crippen LogP contribution in [0, 0.1) is 5.92 Å². The Balaban J connectivity index is 1.40. The molecule has 0 bridgehead atoms. The summed E-state index contributed by atoms with van der Waals surface area (Å²) in [6.07, 6.45) is 2.31. The highest BCUT2D eigenvalue weighted by atomic mass is 16.5. The Hall–Kier alpha value is -3.81. The Kier molecular flexibility index (Phi) is 7.03. The van der Waals surface area contributed by atoms with Gasteiger partial charge in [-0.25, -0.2) is 4.98 Å². The number of hydrogen-bond acceptors (Lipinski definition) is 5. The first-order valence-electron chi connectivity index (χ1n) is 13.4. The predicted molar refractivity (Wildman–Crippen MR) is 149 cm³/mol. The van der Waals surface area contributed by atoms with Gasteiger partial charge < -0.3 is 10.1 Å². The highest BCUT2D eigenvalue weighted by molar-refractivity contribution is 5.86. The van der Waals surface area contributed by atoms with Crippen molar-refractivity contribution < 1.29 is 9.53 Å². The maximum atomic E-state index is 13.9. The number of hydrogen-bond donors (Lipinski definition) is 1. The highest BCUT2D eigenvalue weighted by Gasteiger charge is 2.23. The van der Waals surface area contributed by atoms with E-state index < -0.39 is 0 Å². The number of morpholine rings is 1. The summed E-state index contributed by atoms with van der Waals surface area (Å²) in [5.41, 5.74) is 4.50. The molecule has 7 heteroatoms. The third kappa shape index (κ3) is 5.39. The number of aromatic nitrogens is 2. The Bertz CT molecular complexity index is 1510. The van der Waals surface area contributed by atoms with Crippen LogP contribution in [0.25, 0.3) is 33.4 Å². The van der Waals surface area contributed by atoms with Crippen molar-refractivity contribution in [3.8, 4) is 22.5 Å². The van der Waals surface area contributed by atoms with E-state index in [1.54, 1.807) is 0 Å². The van der Waals surface area contributed by atoms with Crippen LogP contribution >= 0.6 is 0 Å². The van der Waals surface area contributed by atoms with Gasteiger partial charge in [-0.1, -0.05) is 60.7 Å². The number of amides is 1. The van der Waals surface area contributed by atoms with Gasteiger partial charge in [0.25, 0.3) is 5.56 Å². The second kappa shape index (κ2) is 10.9. The normalized spacial score (nSPS) is 16.0. The lowest BCUT2D eigenvalue weighted by molar-refractivity contribution is -0.121. The zero-order valence-corrected chi connectivity index (χ0v) is 21.4. The van der Waals surface area contributed by atoms with Crippen LogP contribution < -0.4 is 10.9 Å². The van der Waals surface area contributed by atoms with Crippen LogP contribution in [0.5, 0.6) is 0 Å². The number of rotatable bonds is 8. The van der Waals surface area contributed by atoms with Gasteiger partial charge in [0.1, 0.15) is 12.4 Å². The summed E-state index contributed by atoms with van der Waals surface area (Å²) in [6.45, 7) is 4.75. The molecule has 38 heavy (non-hydrogen) atoms. The van der Waals surface area contributed by atoms with Gasteiger partial charge in [-0.2, -0.15) is 0 Å². The summed E-state index contributed by atoms with van der Waals surface area (Å²) < 4.78 is 7.03. The predicted octanol–water partition coefficient (Wildman–Crippen LogP) is 4.09. The third-order valence-corrected chi connectivity index (χ3v) is 7.40. The maximum absolute atomic E-state index is 13.9. The van der Waals surface area contributed by atoms with Gasteiger partial charge in [-0.3, -0.25) is 19.1 Å². The molecule has 2 heterocycles. The molecule has 194 valence electrons. The number of fused-ring (bicyclic) bond motifs is 1. The van der Waals surface area contributed by atoms with Gasteiger partial charge in [0.2, 0.25) is 5.91 Å². The monoisotopic (exact) mass is 508 g/mol. The number of nitrogens with one attached hydrogen (secondary N) is 1. The molecule has 0 unspecified atom stereocenters. The van der Waals surface area contributed by atoms with E-state index in [1.807, 2.05) is 54.6 Å². The van der Waals surface area contributed by atoms with Gasteiger partial charge in [-0.05, 0) is 47.6 Å². The lowest BCUT2D eigenvalue weighted by Gasteiger charge is -2.27. The third-order valence-electron chi connectivity index (χ3n) is 7.40. The summed E-state index contributed by atoms with van der Waals surface area (Å²) in [5, 5.41) is 3.50. The molecule has 0 spiro atoms. The number of ether oxygens (including phenoxy) is 1. The van der Waals surface area contributed by atoms with Crippen LogP contribution in [-0.4, -0.2) is 53.2 Å². The van der Waals surface area contributed by atoms with E-state index in [4.69, 9.17) is 9.72 Å². The summed E-state index contributed by atoms with van der Waals surface area (Å²) in [4.78, 5) is 34.0. The minimum Gasteiger partial charge on any atom is -0.379 e. The van der Waals surface area contributed by atoms with Gasteiger partial charge in [0.15, 0.2) is 0 Å². The molecule has 1 aliphatic heterocycles. The quantitative estimate of drug-likeness (QED) is 0.388. The number of carbonyl (C=O) groups excluding carboxylic acids is 1. The SMILES string of the molecule is O=C(Cn1c(-c2ccccc2)nc2ccc(-c3ccccc3CN3CCOCC3)cc2c1=O)NCC1CC1. The molecule has 0 radical (unpaired) electrons. The van der Waals surface area contributed by atoms with Crippen molar-refractivity contribution in [3.63, 3.8) is 0 Å². The van der Waals surface area contributed by atoms with Crippen LogP contribution in [0.1, 0.15) is 18.4 Å². The average Bonchev–Trinajstić information content (AvgIpc) is 3.79. The first-order chi connectivity index (χ1) is 18.7. The van der Waals surface area contributed by atoms with Crippen LogP contribution in [0.15, 0.2) is 77.6 Å². The molecule has 7 nitrogen and oxygen atoms in total. The molecule has 1 saturated heterocycles. The molecule has 0 atom stereocenters. The van der Waals surface area contributed by atoms with Gasteiger partial charge in [0, 0.05) is 31.7 Å². The molecule has 2 fully saturated rings. The Morgan fingerprint density at radius 1 is 0.947 bits per heavy atom. The summed E-state index contributed by atoms with van der Waals surface area (Å²) in [6, 6.07) is 23.8. The molecule has 1 aromatic heterocycles. The summed E-state index contributed by atoms with van der Waals surface area (Å²) >= 11 is 0. The van der Waals surface area contributed by atoms with E-state index in [1.165, 1.54) is 10.1 Å². The molecule has 1 amide bonds. The topological polar surface area (TPSA) is 76.5 Å². The van der Waals surface area contributed by atoms with Crippen molar-refractivity contribution in [2.45, 2.75) is 25.9 Å². The Morgan fingerprint density at radius 2 is 1.71 bits per heavy atom. The van der Waals surface area contributed by atoms with Crippen molar-refractivity contribution in [2.75, 3.05) is 32.8 Å². The fourth-order valence-electron chi connectivity index (χ4n) is 5.06. The van der Waals surface area contributed by atoms with E-state index in [0.717, 1.165) is 62.4 Å². The first-order valence-corrected chi connectivity index (χ1v) is 13.4. The largest absolute Gasteiger partial charge is 0.379 e. The van der Waals surface area contributed by atoms with Crippen LogP contribution in [-0.2, 0) is 22.6 Å².